The topological polar surface area (TPSA) is 170 Å². The quantitative estimate of drug-likeness (QED) is 0.120. The van der Waals surface area contributed by atoms with Gasteiger partial charge in [0.15, 0.2) is 34.2 Å². The third kappa shape index (κ3) is 13.0. The summed E-state index contributed by atoms with van der Waals surface area (Å²) in [6.07, 6.45) is 5.53. The summed E-state index contributed by atoms with van der Waals surface area (Å²) in [5.74, 6) is 2.87. The molecule has 0 saturated carbocycles. The molecule has 644 valence electrons. The van der Waals surface area contributed by atoms with Gasteiger partial charge in [-0.15, -0.1) is 0 Å². The van der Waals surface area contributed by atoms with Crippen LogP contribution in [0.3, 0.4) is 0 Å². The van der Waals surface area contributed by atoms with E-state index in [4.69, 9.17) is 58.1 Å². The van der Waals surface area contributed by atoms with Gasteiger partial charge >= 0.3 is 0 Å². The van der Waals surface area contributed by atoms with E-state index in [9.17, 15) is 0 Å². The first-order valence-electron chi connectivity index (χ1n) is 46.0. The summed E-state index contributed by atoms with van der Waals surface area (Å²) in [7, 11) is 0. The van der Waals surface area contributed by atoms with Crippen LogP contribution in [0.4, 0.5) is 0 Å². The Hall–Kier alpha value is -19.0. The van der Waals surface area contributed by atoms with Gasteiger partial charge in [0, 0.05) is 145 Å². The number of nitrogens with zero attached hydrogens (tertiary/aromatic N) is 12. The molecule has 0 fully saturated rings. The van der Waals surface area contributed by atoms with Gasteiger partial charge in [-0.1, -0.05) is 334 Å². The van der Waals surface area contributed by atoms with Gasteiger partial charge in [0.1, 0.15) is 39.1 Å². The van der Waals surface area contributed by atoms with Gasteiger partial charge in [0.05, 0.1) is 77.7 Å². The van der Waals surface area contributed by atoms with E-state index in [2.05, 4.69) is 281 Å². The third-order valence-electron chi connectivity index (χ3n) is 26.5. The molecule has 15 heteroatoms. The van der Waals surface area contributed by atoms with E-state index < -0.39 is 0 Å². The van der Waals surface area contributed by atoms with Gasteiger partial charge in [-0.2, -0.15) is 0 Å². The first-order valence-corrected chi connectivity index (χ1v) is 46.0. The Labute approximate surface area is 787 Å². The molecular formula is C123H74N12O3. The van der Waals surface area contributed by atoms with Crippen molar-refractivity contribution in [1.29, 1.82) is 0 Å². The molecule has 12 heterocycles. The Morgan fingerprint density at radius 2 is 0.464 bits per heavy atom. The van der Waals surface area contributed by atoms with E-state index in [-0.39, 0.29) is 0 Å². The highest BCUT2D eigenvalue weighted by molar-refractivity contribution is 6.38. The predicted octanol–water partition coefficient (Wildman–Crippen LogP) is 31.4. The molecule has 0 aliphatic carbocycles. The number of benzene rings is 17. The lowest BCUT2D eigenvalue weighted by molar-refractivity contribution is 0.671. The number of hydrogen-bond acceptors (Lipinski definition) is 12. The van der Waals surface area contributed by atoms with E-state index in [1.807, 2.05) is 182 Å². The Balaban J connectivity index is 0.000000105. The van der Waals surface area contributed by atoms with Crippen LogP contribution in [0.25, 0.3) is 272 Å². The first kappa shape index (κ1) is 78.8. The Morgan fingerprint density at radius 1 is 0.181 bits per heavy atom. The summed E-state index contributed by atoms with van der Waals surface area (Å²) in [6.45, 7) is 0. The lowest BCUT2D eigenvalue weighted by Gasteiger charge is -2.13. The number of fused-ring (bicyclic) bond motifs is 30. The fraction of sp³-hybridized carbons (Fsp3) is 0. The van der Waals surface area contributed by atoms with E-state index >= 15 is 0 Å². The number of pyridine rings is 3. The molecular weight excluding hydrogens is 1690 g/mol. The second-order valence-electron chi connectivity index (χ2n) is 34.5. The highest BCUT2D eigenvalue weighted by Crippen LogP contribution is 2.51. The van der Waals surface area contributed by atoms with Crippen molar-refractivity contribution < 1.29 is 13.3 Å². The van der Waals surface area contributed by atoms with Crippen LogP contribution in [-0.4, -0.2) is 58.6 Å². The van der Waals surface area contributed by atoms with Crippen LogP contribution in [0.15, 0.2) is 463 Å². The number of hydrogen-bond donors (Lipinski definition) is 0. The molecule has 0 aliphatic heterocycles. The lowest BCUT2D eigenvalue weighted by atomic mass is 10.0. The second kappa shape index (κ2) is 32.5. The summed E-state index contributed by atoms with van der Waals surface area (Å²) in [5.41, 5.74) is 28.6. The van der Waals surface area contributed by atoms with Crippen molar-refractivity contribution in [2.24, 2.45) is 0 Å². The maximum Gasteiger partial charge on any atom is 0.163 e. The predicted molar refractivity (Wildman–Crippen MR) is 560 cm³/mol. The van der Waals surface area contributed by atoms with Crippen LogP contribution in [0.2, 0.25) is 0 Å². The minimum atomic E-state index is 0.675. The van der Waals surface area contributed by atoms with Crippen molar-refractivity contribution in [3.05, 3.63) is 449 Å². The van der Waals surface area contributed by atoms with E-state index in [0.717, 1.165) is 238 Å². The summed E-state index contributed by atoms with van der Waals surface area (Å²) < 4.78 is 26.7. The number of aromatic nitrogens is 12. The largest absolute Gasteiger partial charge is 0.454 e. The van der Waals surface area contributed by atoms with Crippen molar-refractivity contribution >= 4 is 164 Å². The lowest BCUT2D eigenvalue weighted by Crippen LogP contribution is -2.02. The van der Waals surface area contributed by atoms with Crippen LogP contribution in [0, 0.1) is 0 Å². The average molecular weight is 1770 g/mol. The summed E-state index contributed by atoms with van der Waals surface area (Å²) in [6, 6.07) is 148. The molecule has 0 aliphatic rings. The zero-order chi connectivity index (χ0) is 90.8. The summed E-state index contributed by atoms with van der Waals surface area (Å²) in [5, 5.41) is 16.5. The van der Waals surface area contributed by atoms with Gasteiger partial charge in [-0.05, 0) is 91.0 Å². The number of para-hydroxylation sites is 6. The molecule has 17 aromatic carbocycles. The van der Waals surface area contributed by atoms with Gasteiger partial charge in [-0.25, -0.2) is 29.9 Å². The maximum absolute atomic E-state index is 6.57. The van der Waals surface area contributed by atoms with E-state index in [0.29, 0.717) is 17.5 Å². The molecule has 0 spiro atoms. The van der Waals surface area contributed by atoms with Crippen molar-refractivity contribution in [2.75, 3.05) is 0 Å². The van der Waals surface area contributed by atoms with Crippen molar-refractivity contribution in [2.45, 2.75) is 0 Å². The van der Waals surface area contributed by atoms with Gasteiger partial charge in [-0.3, -0.25) is 19.5 Å². The molecule has 0 N–H and O–H groups in total. The molecule has 0 bridgehead atoms. The molecule has 0 saturated heterocycles. The van der Waals surface area contributed by atoms with Gasteiger partial charge in [0.25, 0.3) is 0 Å². The van der Waals surface area contributed by atoms with E-state index in [1.54, 1.807) is 0 Å². The van der Waals surface area contributed by atoms with Crippen LogP contribution in [0.1, 0.15) is 0 Å². The maximum atomic E-state index is 6.57. The Morgan fingerprint density at radius 3 is 0.848 bits per heavy atom. The minimum absolute atomic E-state index is 0.675. The highest BCUT2D eigenvalue weighted by Gasteiger charge is 2.30. The molecule has 138 heavy (non-hydrogen) atoms. The zero-order valence-corrected chi connectivity index (χ0v) is 73.8. The van der Waals surface area contributed by atoms with Crippen molar-refractivity contribution in [1.82, 2.24) is 58.6 Å². The monoisotopic (exact) mass is 1770 g/mol. The smallest absolute Gasteiger partial charge is 0.163 e. The zero-order valence-electron chi connectivity index (χ0n) is 73.8. The highest BCUT2D eigenvalue weighted by atomic mass is 16.3. The number of rotatable bonds is 11. The molecule has 15 nitrogen and oxygen atoms in total. The fourth-order valence-corrected chi connectivity index (χ4v) is 20.5. The van der Waals surface area contributed by atoms with Crippen LogP contribution >= 0.6 is 0 Å². The molecule has 29 rings (SSSR count). The molecule has 0 radical (unpaired) electrons. The molecule has 0 amide bonds. The van der Waals surface area contributed by atoms with Gasteiger partial charge in [0.2, 0.25) is 0 Å². The van der Waals surface area contributed by atoms with Crippen LogP contribution in [0.5, 0.6) is 0 Å². The second-order valence-corrected chi connectivity index (χ2v) is 34.5. The van der Waals surface area contributed by atoms with Crippen molar-refractivity contribution in [3.8, 4) is 108 Å². The fourth-order valence-electron chi connectivity index (χ4n) is 20.5. The van der Waals surface area contributed by atoms with E-state index in [1.165, 1.54) is 16.2 Å². The third-order valence-corrected chi connectivity index (χ3v) is 26.5. The van der Waals surface area contributed by atoms with Crippen molar-refractivity contribution in [3.63, 3.8) is 0 Å². The van der Waals surface area contributed by atoms with Crippen LogP contribution in [-0.2, 0) is 0 Å². The summed E-state index contributed by atoms with van der Waals surface area (Å²) >= 11 is 0. The minimum Gasteiger partial charge on any atom is -0.454 e. The Bertz CT molecular complexity index is 9740. The van der Waals surface area contributed by atoms with Crippen LogP contribution < -0.4 is 0 Å². The molecule has 0 unspecified atom stereocenters. The number of furan rings is 3. The molecule has 29 aromatic rings. The van der Waals surface area contributed by atoms with Gasteiger partial charge < -0.3 is 22.4 Å². The Kier molecular flexibility index (Phi) is 18.6. The normalized spacial score (nSPS) is 11.8. The molecule has 0 atom stereocenters. The standard InChI is InChI=1S/2C43H26N4O.C37H22N4O/c1-3-13-27(14-4-1)34-26-35(46-43(45-34)28-15-5-2-6-16-28)29-17-11-18-30(25-29)47-36-22-9-7-19-31(36)38-33-21-12-24-44-40(33)42-39(41(38)47)32-20-8-10-23-37(32)48-42;1-3-12-27(13-4-1)34-26-35(46-43(45-34)29-14-5-2-6-15-29)28-21-23-30(24-22-28)47-36-19-9-7-16-31(36)38-33-18-11-25-44-40(33)42-39(41(38)47)32-17-8-10-20-37(32)48-42;1-3-12-23(13-4-1)28-22-31(40-37(39-28)24-14-5-2-6-15-24)41-29-19-9-7-16-25(29)32-27-18-11-21-38-34(27)36-33(35(32)41)26-17-8-10-20-30(26)42-36/h2*1-26H;1-22H. The summed E-state index contributed by atoms with van der Waals surface area (Å²) in [4.78, 5) is 44.9. The SMILES string of the molecule is c1ccc(-c2cc(-c3ccc(-n4c5ccccc5c5c6cccnc6c6oc7ccccc7c6c54)cc3)nc(-c3ccccc3)n2)cc1.c1ccc(-c2cc(-c3cccc(-n4c5ccccc5c5c6cccnc6c6oc7ccccc7c6c54)c3)nc(-c3ccccc3)n2)cc1.c1ccc(-c2cc(-n3c4ccccc4c4c5cccnc5c5oc6ccccc6c5c43)nc(-c3ccccc3)n2)cc1. The molecule has 12 aromatic heterocycles. The average Bonchev–Trinajstić information content (AvgIpc) is 1.54. The first-order chi connectivity index (χ1) is 68.5.